The van der Waals surface area contributed by atoms with Gasteiger partial charge in [0, 0.05) is 18.0 Å². The van der Waals surface area contributed by atoms with E-state index in [9.17, 15) is 13.2 Å². The molecule has 0 spiro atoms. The highest BCUT2D eigenvalue weighted by molar-refractivity contribution is 5.82. The molecule has 2 rings (SSSR count). The van der Waals surface area contributed by atoms with Crippen LogP contribution in [-0.2, 0) is 6.42 Å². The molecule has 1 heterocycles. The Kier molecular flexibility index (Phi) is 3.41. The summed E-state index contributed by atoms with van der Waals surface area (Å²) >= 11 is 0. The molecule has 0 atom stereocenters. The lowest BCUT2D eigenvalue weighted by atomic mass is 10.1. The van der Waals surface area contributed by atoms with Gasteiger partial charge in [-0.15, -0.1) is 0 Å². The van der Waals surface area contributed by atoms with Crippen LogP contribution in [0, 0.1) is 17.5 Å². The Labute approximate surface area is 103 Å². The number of nitrogens with zero attached hydrogens (tertiary/aromatic N) is 1. The van der Waals surface area contributed by atoms with Crippen molar-refractivity contribution in [1.29, 1.82) is 0 Å². The van der Waals surface area contributed by atoms with Gasteiger partial charge in [0.05, 0.1) is 5.52 Å². The number of rotatable bonds is 3. The molecule has 0 radical (unpaired) electrons. The van der Waals surface area contributed by atoms with Gasteiger partial charge in [-0.1, -0.05) is 6.92 Å². The van der Waals surface area contributed by atoms with E-state index >= 15 is 0 Å². The van der Waals surface area contributed by atoms with E-state index in [1.54, 1.807) is 0 Å². The number of fused-ring (bicyclic) bond motifs is 1. The maximum atomic E-state index is 13.6. The van der Waals surface area contributed by atoms with Crippen LogP contribution in [0.3, 0.4) is 0 Å². The van der Waals surface area contributed by atoms with Gasteiger partial charge in [0.15, 0.2) is 17.5 Å². The number of halogens is 3. The Balaban J connectivity index is 2.75. The largest absolute Gasteiger partial charge is 0.370 e. The minimum absolute atomic E-state index is 0.00685. The van der Waals surface area contributed by atoms with Crippen LogP contribution in [-0.4, -0.2) is 11.5 Å². The molecular formula is C13H13F3N2. The van der Waals surface area contributed by atoms with Crippen molar-refractivity contribution in [2.45, 2.75) is 20.3 Å². The van der Waals surface area contributed by atoms with E-state index in [0.717, 1.165) is 11.6 Å². The van der Waals surface area contributed by atoms with Crippen molar-refractivity contribution in [2.24, 2.45) is 0 Å². The summed E-state index contributed by atoms with van der Waals surface area (Å²) in [6.45, 7) is 4.44. The zero-order chi connectivity index (χ0) is 13.3. The number of anilines is 1. The molecule has 0 fully saturated rings. The van der Waals surface area contributed by atoms with Crippen LogP contribution in [0.25, 0.3) is 10.9 Å². The highest BCUT2D eigenvalue weighted by atomic mass is 19.2. The van der Waals surface area contributed by atoms with Crippen molar-refractivity contribution in [3.8, 4) is 0 Å². The summed E-state index contributed by atoms with van der Waals surface area (Å²) in [4.78, 5) is 4.14. The van der Waals surface area contributed by atoms with Crippen LogP contribution in [0.5, 0.6) is 0 Å². The molecule has 96 valence electrons. The fourth-order valence-electron chi connectivity index (χ4n) is 1.85. The van der Waals surface area contributed by atoms with E-state index in [1.165, 1.54) is 6.07 Å². The van der Waals surface area contributed by atoms with Crippen molar-refractivity contribution >= 4 is 16.7 Å². The Morgan fingerprint density at radius 2 is 1.83 bits per heavy atom. The smallest absolute Gasteiger partial charge is 0.195 e. The van der Waals surface area contributed by atoms with Gasteiger partial charge in [0.25, 0.3) is 0 Å². The Morgan fingerprint density at radius 1 is 1.11 bits per heavy atom. The summed E-state index contributed by atoms with van der Waals surface area (Å²) in [5, 5.41) is 3.03. The lowest BCUT2D eigenvalue weighted by Gasteiger charge is -2.11. The topological polar surface area (TPSA) is 24.9 Å². The van der Waals surface area contributed by atoms with E-state index in [4.69, 9.17) is 0 Å². The number of benzene rings is 1. The van der Waals surface area contributed by atoms with Crippen molar-refractivity contribution in [2.75, 3.05) is 11.9 Å². The molecule has 1 N–H and O–H groups in total. The van der Waals surface area contributed by atoms with E-state index in [2.05, 4.69) is 10.3 Å². The quantitative estimate of drug-likeness (QED) is 0.846. The zero-order valence-electron chi connectivity index (χ0n) is 10.2. The molecule has 0 saturated carbocycles. The first-order valence-electron chi connectivity index (χ1n) is 5.79. The fourth-order valence-corrected chi connectivity index (χ4v) is 1.85. The highest BCUT2D eigenvalue weighted by Gasteiger charge is 2.16. The summed E-state index contributed by atoms with van der Waals surface area (Å²) in [5.41, 5.74) is 0.883. The summed E-state index contributed by atoms with van der Waals surface area (Å²) in [6.07, 6.45) is 0.629. The molecule has 1 aromatic carbocycles. The Hall–Kier alpha value is -1.78. The monoisotopic (exact) mass is 254 g/mol. The Bertz CT molecular complexity index is 597. The minimum Gasteiger partial charge on any atom is -0.370 e. The molecule has 0 aliphatic heterocycles. The second-order valence-electron chi connectivity index (χ2n) is 3.93. The van der Waals surface area contributed by atoms with E-state index in [1.807, 2.05) is 13.8 Å². The van der Waals surface area contributed by atoms with Crippen LogP contribution in [0.1, 0.15) is 19.4 Å². The molecule has 2 aromatic rings. The Morgan fingerprint density at radius 3 is 2.44 bits per heavy atom. The van der Waals surface area contributed by atoms with Crippen LogP contribution in [0.4, 0.5) is 19.0 Å². The molecule has 18 heavy (non-hydrogen) atoms. The van der Waals surface area contributed by atoms with Crippen molar-refractivity contribution in [3.63, 3.8) is 0 Å². The number of pyridine rings is 1. The number of aromatic nitrogens is 1. The first-order chi connectivity index (χ1) is 8.58. The SMILES string of the molecule is CCNc1nc2cc(F)c(F)c(F)c2cc1CC. The molecule has 0 unspecified atom stereocenters. The van der Waals surface area contributed by atoms with Crippen molar-refractivity contribution in [3.05, 3.63) is 35.1 Å². The summed E-state index contributed by atoms with van der Waals surface area (Å²) in [5.74, 6) is -3.28. The normalized spacial score (nSPS) is 10.9. The number of nitrogens with one attached hydrogen (secondary N) is 1. The number of hydrogen-bond acceptors (Lipinski definition) is 2. The van der Waals surface area contributed by atoms with Crippen LogP contribution < -0.4 is 5.32 Å². The van der Waals surface area contributed by atoms with Crippen LogP contribution in [0.15, 0.2) is 12.1 Å². The van der Waals surface area contributed by atoms with E-state index < -0.39 is 17.5 Å². The average Bonchev–Trinajstić information content (AvgIpc) is 2.36. The van der Waals surface area contributed by atoms with Gasteiger partial charge >= 0.3 is 0 Å². The second-order valence-corrected chi connectivity index (χ2v) is 3.93. The summed E-state index contributed by atoms with van der Waals surface area (Å²) < 4.78 is 39.9. The molecule has 0 amide bonds. The predicted octanol–water partition coefficient (Wildman–Crippen LogP) is 3.65. The van der Waals surface area contributed by atoms with Gasteiger partial charge in [0.2, 0.25) is 0 Å². The van der Waals surface area contributed by atoms with Crippen LogP contribution in [0.2, 0.25) is 0 Å². The van der Waals surface area contributed by atoms with Gasteiger partial charge in [-0.3, -0.25) is 0 Å². The predicted molar refractivity (Wildman–Crippen MR) is 65.2 cm³/mol. The number of aryl methyl sites for hydroxylation is 1. The molecule has 0 aliphatic carbocycles. The molecule has 1 aromatic heterocycles. The summed E-state index contributed by atoms with van der Waals surface area (Å²) in [7, 11) is 0. The third-order valence-corrected chi connectivity index (χ3v) is 2.76. The standard InChI is InChI=1S/C13H13F3N2/c1-3-7-5-8-10(18-13(7)17-4-2)6-9(14)12(16)11(8)15/h5-6H,3-4H2,1-2H3,(H,17,18). The first kappa shape index (κ1) is 12.7. The molecule has 2 nitrogen and oxygen atoms in total. The molecule has 0 aliphatic rings. The minimum atomic E-state index is -1.46. The first-order valence-corrected chi connectivity index (χ1v) is 5.79. The van der Waals surface area contributed by atoms with Gasteiger partial charge in [-0.05, 0) is 25.0 Å². The molecule has 0 saturated heterocycles. The maximum absolute atomic E-state index is 13.6. The lowest BCUT2D eigenvalue weighted by Crippen LogP contribution is -2.04. The average molecular weight is 254 g/mol. The third kappa shape index (κ3) is 2.00. The maximum Gasteiger partial charge on any atom is 0.195 e. The van der Waals surface area contributed by atoms with Gasteiger partial charge < -0.3 is 5.32 Å². The second kappa shape index (κ2) is 4.84. The van der Waals surface area contributed by atoms with Crippen molar-refractivity contribution in [1.82, 2.24) is 4.98 Å². The lowest BCUT2D eigenvalue weighted by molar-refractivity contribution is 0.453. The van der Waals surface area contributed by atoms with Crippen LogP contribution >= 0.6 is 0 Å². The van der Waals surface area contributed by atoms with Gasteiger partial charge in [-0.2, -0.15) is 0 Å². The third-order valence-electron chi connectivity index (χ3n) is 2.76. The molecule has 5 heteroatoms. The fraction of sp³-hybridized carbons (Fsp3) is 0.308. The molecular weight excluding hydrogens is 241 g/mol. The zero-order valence-corrected chi connectivity index (χ0v) is 10.2. The highest BCUT2D eigenvalue weighted by Crippen LogP contribution is 2.26. The van der Waals surface area contributed by atoms with E-state index in [0.29, 0.717) is 18.8 Å². The number of hydrogen-bond donors (Lipinski definition) is 1. The van der Waals surface area contributed by atoms with Gasteiger partial charge in [-0.25, -0.2) is 18.2 Å². The summed E-state index contributed by atoms with van der Waals surface area (Å²) in [6, 6.07) is 2.42. The van der Waals surface area contributed by atoms with Gasteiger partial charge in [0.1, 0.15) is 5.82 Å². The van der Waals surface area contributed by atoms with E-state index in [-0.39, 0.29) is 10.9 Å². The molecule has 0 bridgehead atoms. The van der Waals surface area contributed by atoms with Crippen molar-refractivity contribution < 1.29 is 13.2 Å².